The average molecular weight is 408 g/mol. The van der Waals surface area contributed by atoms with Crippen molar-refractivity contribution < 1.29 is 21.8 Å². The van der Waals surface area contributed by atoms with Crippen molar-refractivity contribution >= 4 is 21.8 Å². The first-order valence-corrected chi connectivity index (χ1v) is 10.7. The second kappa shape index (κ2) is 9.54. The molecule has 0 fully saturated rings. The molecule has 1 atom stereocenters. The van der Waals surface area contributed by atoms with Crippen molar-refractivity contribution in [1.82, 2.24) is 4.90 Å². The van der Waals surface area contributed by atoms with Gasteiger partial charge in [-0.25, -0.2) is 9.18 Å². The van der Waals surface area contributed by atoms with E-state index in [0.29, 0.717) is 0 Å². The zero-order valence-corrected chi connectivity index (χ0v) is 17.0. The SMILES string of the molecule is CC[C@@H](C)N(Cc1ccc(OS(=O)(=O)CC)cc1)C(=O)Nc1ccccc1F. The van der Waals surface area contributed by atoms with Gasteiger partial charge in [0.15, 0.2) is 0 Å². The number of rotatable bonds is 8. The summed E-state index contributed by atoms with van der Waals surface area (Å²) in [6.07, 6.45) is 0.723. The molecular formula is C20H25FN2O4S. The minimum Gasteiger partial charge on any atom is -0.382 e. The van der Waals surface area contributed by atoms with Gasteiger partial charge in [0.25, 0.3) is 0 Å². The van der Waals surface area contributed by atoms with Crippen LogP contribution in [0.15, 0.2) is 48.5 Å². The molecular weight excluding hydrogens is 383 g/mol. The van der Waals surface area contributed by atoms with Crippen molar-refractivity contribution in [3.63, 3.8) is 0 Å². The lowest BCUT2D eigenvalue weighted by Crippen LogP contribution is -2.40. The molecule has 0 radical (unpaired) electrons. The van der Waals surface area contributed by atoms with Crippen molar-refractivity contribution in [2.75, 3.05) is 11.1 Å². The summed E-state index contributed by atoms with van der Waals surface area (Å²) in [5, 5.41) is 2.60. The van der Waals surface area contributed by atoms with Crippen LogP contribution in [0.2, 0.25) is 0 Å². The highest BCUT2D eigenvalue weighted by Gasteiger charge is 2.20. The van der Waals surface area contributed by atoms with Gasteiger partial charge in [0.05, 0.1) is 11.4 Å². The third-order valence-electron chi connectivity index (χ3n) is 4.35. The monoisotopic (exact) mass is 408 g/mol. The highest BCUT2D eigenvalue weighted by molar-refractivity contribution is 7.87. The molecule has 0 saturated carbocycles. The minimum atomic E-state index is -3.59. The van der Waals surface area contributed by atoms with Crippen LogP contribution < -0.4 is 9.50 Å². The molecule has 6 nitrogen and oxygen atoms in total. The molecule has 1 N–H and O–H groups in total. The molecule has 0 aliphatic heterocycles. The summed E-state index contributed by atoms with van der Waals surface area (Å²) < 4.78 is 41.9. The van der Waals surface area contributed by atoms with Crippen molar-refractivity contribution in [2.45, 2.75) is 39.8 Å². The number of anilines is 1. The first kappa shape index (κ1) is 21.7. The summed E-state index contributed by atoms with van der Waals surface area (Å²) in [7, 11) is -3.59. The van der Waals surface area contributed by atoms with Gasteiger partial charge < -0.3 is 14.4 Å². The topological polar surface area (TPSA) is 75.7 Å². The molecule has 2 aromatic rings. The summed E-state index contributed by atoms with van der Waals surface area (Å²) in [5.41, 5.74) is 0.916. The van der Waals surface area contributed by atoms with E-state index in [-0.39, 0.29) is 29.8 Å². The molecule has 0 bridgehead atoms. The Morgan fingerprint density at radius 2 is 1.79 bits per heavy atom. The van der Waals surface area contributed by atoms with Gasteiger partial charge in [-0.05, 0) is 50.1 Å². The van der Waals surface area contributed by atoms with E-state index in [1.165, 1.54) is 19.1 Å². The average Bonchev–Trinajstić information content (AvgIpc) is 2.68. The molecule has 8 heteroatoms. The van der Waals surface area contributed by atoms with Crippen LogP contribution >= 0.6 is 0 Å². The summed E-state index contributed by atoms with van der Waals surface area (Å²) in [5.74, 6) is -0.401. The van der Waals surface area contributed by atoms with Gasteiger partial charge in [-0.2, -0.15) is 8.42 Å². The van der Waals surface area contributed by atoms with Crippen LogP contribution in [0.3, 0.4) is 0 Å². The predicted octanol–water partition coefficient (Wildman–Crippen LogP) is 4.39. The lowest BCUT2D eigenvalue weighted by molar-refractivity contribution is 0.187. The smallest absolute Gasteiger partial charge is 0.322 e. The van der Waals surface area contributed by atoms with Gasteiger partial charge in [-0.3, -0.25) is 0 Å². The highest BCUT2D eigenvalue weighted by Crippen LogP contribution is 2.19. The number of benzene rings is 2. The molecule has 2 aromatic carbocycles. The Labute approximate surface area is 165 Å². The Balaban J connectivity index is 2.13. The first-order chi connectivity index (χ1) is 13.3. The van der Waals surface area contributed by atoms with Gasteiger partial charge in [-0.15, -0.1) is 0 Å². The van der Waals surface area contributed by atoms with E-state index in [0.717, 1.165) is 12.0 Å². The highest BCUT2D eigenvalue weighted by atomic mass is 32.2. The number of carbonyl (C=O) groups excluding carboxylic acids is 1. The molecule has 0 saturated heterocycles. The number of nitrogens with one attached hydrogen (secondary N) is 1. The zero-order chi connectivity index (χ0) is 20.7. The van der Waals surface area contributed by atoms with Gasteiger partial charge in [0, 0.05) is 12.6 Å². The number of carbonyl (C=O) groups is 1. The predicted molar refractivity (Wildman–Crippen MR) is 107 cm³/mol. The number of urea groups is 1. The maximum atomic E-state index is 13.8. The van der Waals surface area contributed by atoms with Crippen molar-refractivity contribution in [2.24, 2.45) is 0 Å². The van der Waals surface area contributed by atoms with Crippen LogP contribution in [0.25, 0.3) is 0 Å². The Morgan fingerprint density at radius 3 is 2.36 bits per heavy atom. The fourth-order valence-corrected chi connectivity index (χ4v) is 2.97. The molecule has 152 valence electrons. The molecule has 0 aromatic heterocycles. The third kappa shape index (κ3) is 5.95. The van der Waals surface area contributed by atoms with E-state index in [9.17, 15) is 17.6 Å². The second-order valence-corrected chi connectivity index (χ2v) is 8.23. The zero-order valence-electron chi connectivity index (χ0n) is 16.2. The van der Waals surface area contributed by atoms with Gasteiger partial charge in [-0.1, -0.05) is 31.2 Å². The van der Waals surface area contributed by atoms with E-state index in [1.807, 2.05) is 13.8 Å². The van der Waals surface area contributed by atoms with E-state index in [1.54, 1.807) is 41.3 Å². The van der Waals surface area contributed by atoms with Crippen molar-refractivity contribution in [1.29, 1.82) is 0 Å². The van der Waals surface area contributed by atoms with Gasteiger partial charge in [0.2, 0.25) is 0 Å². The van der Waals surface area contributed by atoms with Gasteiger partial charge >= 0.3 is 16.1 Å². The lowest BCUT2D eigenvalue weighted by atomic mass is 10.1. The third-order valence-corrected chi connectivity index (χ3v) is 5.51. The van der Waals surface area contributed by atoms with Gasteiger partial charge in [0.1, 0.15) is 11.6 Å². The van der Waals surface area contributed by atoms with E-state index >= 15 is 0 Å². The molecule has 28 heavy (non-hydrogen) atoms. The summed E-state index contributed by atoms with van der Waals surface area (Å²) in [6, 6.07) is 12.0. The minimum absolute atomic E-state index is 0.0804. The van der Waals surface area contributed by atoms with Crippen molar-refractivity contribution in [3.05, 3.63) is 59.9 Å². The van der Waals surface area contributed by atoms with E-state index in [2.05, 4.69) is 5.32 Å². The molecule has 0 heterocycles. The van der Waals surface area contributed by atoms with Crippen LogP contribution in [0.5, 0.6) is 5.75 Å². The molecule has 2 rings (SSSR count). The molecule has 0 aliphatic rings. The maximum Gasteiger partial charge on any atom is 0.322 e. The second-order valence-electron chi connectivity index (χ2n) is 6.37. The number of para-hydroxylation sites is 1. The number of hydrogen-bond donors (Lipinski definition) is 1. The normalized spacial score (nSPS) is 12.3. The van der Waals surface area contributed by atoms with Crippen LogP contribution in [-0.4, -0.2) is 31.1 Å². The standard InChI is InChI=1S/C20H25FN2O4S/c1-4-15(3)23(20(24)22-19-9-7-6-8-18(19)21)14-16-10-12-17(13-11-16)27-28(25,26)5-2/h6-13,15H,4-5,14H2,1-3H3,(H,22,24)/t15-/m1/s1. The lowest BCUT2D eigenvalue weighted by Gasteiger charge is -2.29. The Bertz CT molecular complexity index is 901. The Kier molecular flexibility index (Phi) is 7.39. The molecule has 0 unspecified atom stereocenters. The molecule has 0 spiro atoms. The maximum absolute atomic E-state index is 13.8. The van der Waals surface area contributed by atoms with E-state index < -0.39 is 22.0 Å². The quantitative estimate of drug-likeness (QED) is 0.658. The van der Waals surface area contributed by atoms with Crippen molar-refractivity contribution in [3.8, 4) is 5.75 Å². The van der Waals surface area contributed by atoms with E-state index in [4.69, 9.17) is 4.18 Å². The number of nitrogens with zero attached hydrogens (tertiary/aromatic N) is 1. The Morgan fingerprint density at radius 1 is 1.14 bits per heavy atom. The number of hydrogen-bond acceptors (Lipinski definition) is 4. The summed E-state index contributed by atoms with van der Waals surface area (Å²) in [4.78, 5) is 14.3. The van der Waals surface area contributed by atoms with Crippen LogP contribution in [-0.2, 0) is 16.7 Å². The largest absolute Gasteiger partial charge is 0.382 e. The number of amides is 2. The summed E-state index contributed by atoms with van der Waals surface area (Å²) >= 11 is 0. The molecule has 2 amide bonds. The number of halogens is 1. The van der Waals surface area contributed by atoms with Crippen LogP contribution in [0.1, 0.15) is 32.8 Å². The Hall–Kier alpha value is -2.61. The fraction of sp³-hybridized carbons (Fsp3) is 0.350. The fourth-order valence-electron chi connectivity index (χ4n) is 2.45. The first-order valence-electron chi connectivity index (χ1n) is 9.09. The molecule has 0 aliphatic carbocycles. The van der Waals surface area contributed by atoms with Crippen LogP contribution in [0, 0.1) is 5.82 Å². The summed E-state index contributed by atoms with van der Waals surface area (Å²) in [6.45, 7) is 5.66. The van der Waals surface area contributed by atoms with Crippen LogP contribution in [0.4, 0.5) is 14.9 Å².